The Bertz CT molecular complexity index is 772. The van der Waals surface area contributed by atoms with Crippen LogP contribution in [0.1, 0.15) is 5.56 Å². The van der Waals surface area contributed by atoms with Crippen LogP contribution >= 0.6 is 0 Å². The third kappa shape index (κ3) is 6.16. The van der Waals surface area contributed by atoms with Crippen molar-refractivity contribution in [1.29, 1.82) is 0 Å². The van der Waals surface area contributed by atoms with E-state index in [0.717, 1.165) is 18.7 Å². The number of ether oxygens (including phenoxy) is 1. The number of halogens is 1. The Morgan fingerprint density at radius 3 is 2.04 bits per heavy atom. The molecular formula is C20H22FN3O3. The van der Waals surface area contributed by atoms with Gasteiger partial charge in [0.2, 0.25) is 11.8 Å². The zero-order valence-electron chi connectivity index (χ0n) is 14.9. The molecule has 2 amide bonds. The summed E-state index contributed by atoms with van der Waals surface area (Å²) in [6, 6.07) is 12.8. The number of carbonyl (C=O) groups is 2. The van der Waals surface area contributed by atoms with E-state index in [-0.39, 0.29) is 24.1 Å². The highest BCUT2D eigenvalue weighted by Crippen LogP contribution is 2.14. The SMILES string of the molecule is O=C(Cc1ccc(F)cc1)Nc1ccc(NC(=O)CN2CCOCC2)cc1. The molecule has 1 aliphatic heterocycles. The van der Waals surface area contributed by atoms with Crippen LogP contribution in [0.25, 0.3) is 0 Å². The maximum absolute atomic E-state index is 12.9. The summed E-state index contributed by atoms with van der Waals surface area (Å²) < 4.78 is 18.2. The number of nitrogens with one attached hydrogen (secondary N) is 2. The van der Waals surface area contributed by atoms with Crippen molar-refractivity contribution in [2.24, 2.45) is 0 Å². The molecule has 1 saturated heterocycles. The topological polar surface area (TPSA) is 70.7 Å². The Morgan fingerprint density at radius 2 is 1.44 bits per heavy atom. The van der Waals surface area contributed by atoms with Gasteiger partial charge in [-0.3, -0.25) is 14.5 Å². The molecule has 0 atom stereocenters. The summed E-state index contributed by atoms with van der Waals surface area (Å²) >= 11 is 0. The summed E-state index contributed by atoms with van der Waals surface area (Å²) in [5.41, 5.74) is 2.04. The van der Waals surface area contributed by atoms with Crippen LogP contribution in [0.3, 0.4) is 0 Å². The number of hydrogen-bond donors (Lipinski definition) is 2. The van der Waals surface area contributed by atoms with Gasteiger partial charge in [-0.25, -0.2) is 4.39 Å². The lowest BCUT2D eigenvalue weighted by Gasteiger charge is -2.25. The summed E-state index contributed by atoms with van der Waals surface area (Å²) in [5.74, 6) is -0.596. The summed E-state index contributed by atoms with van der Waals surface area (Å²) in [5, 5.41) is 5.63. The van der Waals surface area contributed by atoms with Gasteiger partial charge in [-0.2, -0.15) is 0 Å². The van der Waals surface area contributed by atoms with Crippen LogP contribution in [0.5, 0.6) is 0 Å². The van der Waals surface area contributed by atoms with Gasteiger partial charge < -0.3 is 15.4 Å². The Labute approximate surface area is 157 Å². The molecule has 6 nitrogen and oxygen atoms in total. The molecule has 2 N–H and O–H groups in total. The smallest absolute Gasteiger partial charge is 0.238 e. The predicted octanol–water partition coefficient (Wildman–Crippen LogP) is 2.28. The first-order valence-electron chi connectivity index (χ1n) is 8.83. The van der Waals surface area contributed by atoms with Crippen molar-refractivity contribution in [1.82, 2.24) is 4.90 Å². The molecule has 142 valence electrons. The van der Waals surface area contributed by atoms with E-state index in [0.29, 0.717) is 31.1 Å². The second kappa shape index (κ2) is 9.25. The van der Waals surface area contributed by atoms with Gasteiger partial charge in [0.25, 0.3) is 0 Å². The lowest BCUT2D eigenvalue weighted by Crippen LogP contribution is -2.41. The molecule has 0 aliphatic carbocycles. The van der Waals surface area contributed by atoms with Gasteiger partial charge in [0.15, 0.2) is 0 Å². The number of nitrogens with zero attached hydrogens (tertiary/aromatic N) is 1. The molecule has 3 rings (SSSR count). The standard InChI is InChI=1S/C20H22FN3O3/c21-16-3-1-15(2-4-16)13-19(25)22-17-5-7-18(8-6-17)23-20(26)14-24-9-11-27-12-10-24/h1-8H,9-14H2,(H,22,25)(H,23,26). The number of amides is 2. The fraction of sp³-hybridized carbons (Fsp3) is 0.300. The Hall–Kier alpha value is -2.77. The van der Waals surface area contributed by atoms with E-state index in [1.807, 2.05) is 4.90 Å². The summed E-state index contributed by atoms with van der Waals surface area (Å²) in [6.07, 6.45) is 0.165. The molecule has 2 aromatic carbocycles. The van der Waals surface area contributed by atoms with Crippen molar-refractivity contribution in [2.75, 3.05) is 43.5 Å². The quantitative estimate of drug-likeness (QED) is 0.817. The van der Waals surface area contributed by atoms with Gasteiger partial charge in [-0.15, -0.1) is 0 Å². The molecule has 7 heteroatoms. The molecule has 1 fully saturated rings. The Kier molecular flexibility index (Phi) is 6.51. The minimum absolute atomic E-state index is 0.0787. The van der Waals surface area contributed by atoms with Crippen LogP contribution in [-0.2, 0) is 20.7 Å². The Morgan fingerprint density at radius 1 is 0.889 bits per heavy atom. The van der Waals surface area contributed by atoms with E-state index in [9.17, 15) is 14.0 Å². The highest BCUT2D eigenvalue weighted by atomic mass is 19.1. The Balaban J connectivity index is 1.47. The first kappa shape index (κ1) is 19.0. The number of anilines is 2. The zero-order chi connectivity index (χ0) is 19.1. The molecule has 0 unspecified atom stereocenters. The monoisotopic (exact) mass is 371 g/mol. The van der Waals surface area contributed by atoms with Crippen molar-refractivity contribution >= 4 is 23.2 Å². The van der Waals surface area contributed by atoms with Crippen molar-refractivity contribution in [3.05, 3.63) is 59.9 Å². The van der Waals surface area contributed by atoms with E-state index in [1.165, 1.54) is 12.1 Å². The third-order valence-electron chi connectivity index (χ3n) is 4.20. The van der Waals surface area contributed by atoms with Crippen LogP contribution in [0.4, 0.5) is 15.8 Å². The van der Waals surface area contributed by atoms with E-state index >= 15 is 0 Å². The molecule has 0 radical (unpaired) electrons. The molecule has 0 spiro atoms. The van der Waals surface area contributed by atoms with Gasteiger partial charge in [-0.05, 0) is 42.0 Å². The van der Waals surface area contributed by atoms with Gasteiger partial charge in [0.05, 0.1) is 26.2 Å². The second-order valence-corrected chi connectivity index (χ2v) is 6.37. The average molecular weight is 371 g/mol. The van der Waals surface area contributed by atoms with E-state index in [4.69, 9.17) is 4.74 Å². The van der Waals surface area contributed by atoms with E-state index < -0.39 is 0 Å². The van der Waals surface area contributed by atoms with Gasteiger partial charge in [-0.1, -0.05) is 12.1 Å². The van der Waals surface area contributed by atoms with Gasteiger partial charge >= 0.3 is 0 Å². The number of morpholine rings is 1. The zero-order valence-corrected chi connectivity index (χ0v) is 14.9. The van der Waals surface area contributed by atoms with Crippen LogP contribution in [0.2, 0.25) is 0 Å². The number of hydrogen-bond acceptors (Lipinski definition) is 4. The predicted molar refractivity (Wildman–Crippen MR) is 101 cm³/mol. The number of rotatable bonds is 6. The normalized spacial score (nSPS) is 14.6. The fourth-order valence-electron chi connectivity index (χ4n) is 2.79. The van der Waals surface area contributed by atoms with Crippen molar-refractivity contribution < 1.29 is 18.7 Å². The van der Waals surface area contributed by atoms with Crippen LogP contribution < -0.4 is 10.6 Å². The highest BCUT2D eigenvalue weighted by Gasteiger charge is 2.14. The van der Waals surface area contributed by atoms with E-state index in [2.05, 4.69) is 10.6 Å². The van der Waals surface area contributed by atoms with Crippen LogP contribution in [-0.4, -0.2) is 49.6 Å². The summed E-state index contributed by atoms with van der Waals surface area (Å²) in [4.78, 5) is 26.2. The average Bonchev–Trinajstić information content (AvgIpc) is 2.66. The molecule has 0 aromatic heterocycles. The summed E-state index contributed by atoms with van der Waals surface area (Å²) in [7, 11) is 0. The fourth-order valence-corrected chi connectivity index (χ4v) is 2.79. The van der Waals surface area contributed by atoms with Crippen LogP contribution in [0, 0.1) is 5.82 Å². The lowest BCUT2D eigenvalue weighted by atomic mass is 10.1. The van der Waals surface area contributed by atoms with Crippen molar-refractivity contribution in [2.45, 2.75) is 6.42 Å². The molecule has 0 bridgehead atoms. The number of benzene rings is 2. The third-order valence-corrected chi connectivity index (χ3v) is 4.20. The molecule has 1 heterocycles. The van der Waals surface area contributed by atoms with Crippen molar-refractivity contribution in [3.8, 4) is 0 Å². The van der Waals surface area contributed by atoms with Crippen molar-refractivity contribution in [3.63, 3.8) is 0 Å². The minimum atomic E-state index is -0.328. The first-order valence-corrected chi connectivity index (χ1v) is 8.83. The van der Waals surface area contributed by atoms with Crippen LogP contribution in [0.15, 0.2) is 48.5 Å². The maximum Gasteiger partial charge on any atom is 0.238 e. The van der Waals surface area contributed by atoms with Gasteiger partial charge in [0, 0.05) is 24.5 Å². The van der Waals surface area contributed by atoms with E-state index in [1.54, 1.807) is 36.4 Å². The largest absolute Gasteiger partial charge is 0.379 e. The minimum Gasteiger partial charge on any atom is -0.379 e. The second-order valence-electron chi connectivity index (χ2n) is 6.37. The molecule has 1 aliphatic rings. The maximum atomic E-state index is 12.9. The lowest BCUT2D eigenvalue weighted by molar-refractivity contribution is -0.118. The summed E-state index contributed by atoms with van der Waals surface area (Å²) in [6.45, 7) is 3.15. The van der Waals surface area contributed by atoms with Gasteiger partial charge in [0.1, 0.15) is 5.82 Å². The highest BCUT2D eigenvalue weighted by molar-refractivity contribution is 5.94. The molecule has 0 saturated carbocycles. The molecule has 27 heavy (non-hydrogen) atoms. The number of carbonyl (C=O) groups excluding carboxylic acids is 2. The molecule has 2 aromatic rings. The molecular weight excluding hydrogens is 349 g/mol. The first-order chi connectivity index (χ1) is 13.1.